The molecule has 0 aliphatic carbocycles. The summed E-state index contributed by atoms with van der Waals surface area (Å²) in [5, 5.41) is 22.6. The number of amides is 3. The molecule has 0 bridgehead atoms. The van der Waals surface area contributed by atoms with Crippen molar-refractivity contribution in [3.63, 3.8) is 0 Å². The van der Waals surface area contributed by atoms with Crippen LogP contribution in [0.15, 0.2) is 35.3 Å². The molecule has 3 rings (SSSR count). The highest BCUT2D eigenvalue weighted by Crippen LogP contribution is 2.21. The fourth-order valence-corrected chi connectivity index (χ4v) is 3.07. The number of benzene rings is 1. The second kappa shape index (κ2) is 7.22. The Morgan fingerprint density at radius 1 is 1.23 bits per heavy atom. The molecule has 2 unspecified atom stereocenters. The summed E-state index contributed by atoms with van der Waals surface area (Å²) in [6, 6.07) is 7.84. The number of aliphatic imine (C=N–C) groups is 1. The molecular formula is C17H22N5O4+. The van der Waals surface area contributed by atoms with Crippen molar-refractivity contribution < 1.29 is 24.4 Å². The molecule has 3 N–H and O–H groups in total. The Bertz CT molecular complexity index is 777. The predicted molar refractivity (Wildman–Crippen MR) is 93.8 cm³/mol. The van der Waals surface area contributed by atoms with Gasteiger partial charge in [-0.25, -0.2) is 9.37 Å². The Hall–Kier alpha value is -2.78. The van der Waals surface area contributed by atoms with Crippen molar-refractivity contribution >= 4 is 23.7 Å². The average molecular weight is 360 g/mol. The molecule has 138 valence electrons. The van der Waals surface area contributed by atoms with Crippen molar-refractivity contribution in [2.24, 2.45) is 4.99 Å². The fraction of sp³-hybridized carbons (Fsp3) is 0.412. The van der Waals surface area contributed by atoms with Crippen LogP contribution in [0.3, 0.4) is 0 Å². The number of nitrogens with one attached hydrogen (secondary N) is 1. The van der Waals surface area contributed by atoms with Gasteiger partial charge in [-0.1, -0.05) is 35.3 Å². The quantitative estimate of drug-likeness (QED) is 0.582. The molecule has 1 aromatic rings. The van der Waals surface area contributed by atoms with Gasteiger partial charge in [0.05, 0.1) is 19.7 Å². The summed E-state index contributed by atoms with van der Waals surface area (Å²) >= 11 is 0. The van der Waals surface area contributed by atoms with Crippen LogP contribution in [0.25, 0.3) is 0 Å². The molecule has 2 aliphatic heterocycles. The van der Waals surface area contributed by atoms with Crippen LogP contribution in [-0.4, -0.2) is 88.2 Å². The van der Waals surface area contributed by atoms with E-state index in [1.807, 2.05) is 18.2 Å². The minimum Gasteiger partial charge on any atom is -0.393 e. The van der Waals surface area contributed by atoms with E-state index in [4.69, 9.17) is 5.11 Å². The minimum absolute atomic E-state index is 0.108. The number of carbonyl (C=O) groups is 2. The number of aliphatic hydroxyl groups excluding tert-OH is 2. The third-order valence-corrected chi connectivity index (χ3v) is 4.48. The van der Waals surface area contributed by atoms with Gasteiger partial charge in [0.1, 0.15) is 6.10 Å². The normalized spacial score (nSPS) is 21.1. The summed E-state index contributed by atoms with van der Waals surface area (Å²) in [4.78, 5) is 31.6. The molecule has 2 heterocycles. The lowest BCUT2D eigenvalue weighted by Gasteiger charge is -2.32. The molecule has 2 atom stereocenters. The van der Waals surface area contributed by atoms with Crippen molar-refractivity contribution in [3.8, 4) is 0 Å². The Morgan fingerprint density at radius 2 is 1.92 bits per heavy atom. The van der Waals surface area contributed by atoms with Gasteiger partial charge in [0.25, 0.3) is 5.91 Å². The van der Waals surface area contributed by atoms with Crippen LogP contribution >= 0.6 is 0 Å². The molecule has 1 fully saturated rings. The third kappa shape index (κ3) is 3.06. The van der Waals surface area contributed by atoms with Gasteiger partial charge >= 0.3 is 12.0 Å². The number of guanidine groups is 1. The Balaban J connectivity index is 1.94. The first kappa shape index (κ1) is 18.0. The molecule has 0 aromatic heterocycles. The number of hydrogen-bond donors (Lipinski definition) is 3. The number of urea groups is 1. The summed E-state index contributed by atoms with van der Waals surface area (Å²) in [6.45, 7) is 0.228. The number of hydrogen-bond acceptors (Lipinski definition) is 6. The smallest absolute Gasteiger partial charge is 0.390 e. The second-order valence-corrected chi connectivity index (χ2v) is 6.16. The Morgan fingerprint density at radius 3 is 2.58 bits per heavy atom. The lowest BCUT2D eigenvalue weighted by atomic mass is 10.1. The monoisotopic (exact) mass is 360 g/mol. The van der Waals surface area contributed by atoms with E-state index < -0.39 is 24.1 Å². The number of amidine groups is 1. The molecule has 26 heavy (non-hydrogen) atoms. The van der Waals surface area contributed by atoms with Crippen LogP contribution in [0.1, 0.15) is 11.7 Å². The maximum Gasteiger partial charge on any atom is 0.390 e. The number of carbonyl (C=O) groups excluding carboxylic acids is 2. The van der Waals surface area contributed by atoms with Gasteiger partial charge < -0.3 is 10.2 Å². The zero-order valence-corrected chi connectivity index (χ0v) is 14.7. The summed E-state index contributed by atoms with van der Waals surface area (Å²) in [7, 11) is 2.97. The third-order valence-electron chi connectivity index (χ3n) is 4.48. The van der Waals surface area contributed by atoms with Crippen LogP contribution in [0.5, 0.6) is 0 Å². The lowest BCUT2D eigenvalue weighted by Crippen LogP contribution is -2.61. The minimum atomic E-state index is -0.849. The highest BCUT2D eigenvalue weighted by molar-refractivity contribution is 6.22. The van der Waals surface area contributed by atoms with E-state index >= 15 is 0 Å². The van der Waals surface area contributed by atoms with E-state index in [2.05, 4.69) is 10.3 Å². The molecule has 9 nitrogen and oxygen atoms in total. The van der Waals surface area contributed by atoms with Crippen LogP contribution in [0.4, 0.5) is 4.79 Å². The SMILES string of the molecule is CN1C(=O)C2C(=NC(NCCO)=[N+]2CC(O)c2ccccc2)N(C)C1=O. The summed E-state index contributed by atoms with van der Waals surface area (Å²) < 4.78 is 1.63. The van der Waals surface area contributed by atoms with E-state index in [1.165, 1.54) is 11.9 Å². The summed E-state index contributed by atoms with van der Waals surface area (Å²) in [5.41, 5.74) is 0.712. The number of β-amino-alcohol motifs (C(OH)–C–C–N with tert-alkyl or cyclic N) is 1. The molecule has 0 radical (unpaired) electrons. The van der Waals surface area contributed by atoms with Gasteiger partial charge in [-0.3, -0.25) is 19.9 Å². The van der Waals surface area contributed by atoms with Gasteiger partial charge in [0.2, 0.25) is 11.9 Å². The number of aliphatic hydroxyl groups is 2. The van der Waals surface area contributed by atoms with E-state index in [0.29, 0.717) is 17.4 Å². The Labute approximate surface area is 150 Å². The van der Waals surface area contributed by atoms with Crippen molar-refractivity contribution in [1.82, 2.24) is 15.1 Å². The number of likely N-dealkylation sites (N-methyl/N-ethyl adjacent to an activating group) is 2. The first-order valence-electron chi connectivity index (χ1n) is 8.31. The first-order valence-corrected chi connectivity index (χ1v) is 8.31. The highest BCUT2D eigenvalue weighted by Gasteiger charge is 2.51. The van der Waals surface area contributed by atoms with E-state index in [0.717, 1.165) is 4.90 Å². The standard InChI is InChI=1S/C17H21N5O4/c1-20-14-13(15(25)21(2)17(20)26)22(16(19-14)18-8-9-23)10-12(24)11-6-4-3-5-7-11/h3-7,12-13,23-24H,8-10H2,1-2H3/p+1. The molecular weight excluding hydrogens is 338 g/mol. The molecule has 0 spiro atoms. The lowest BCUT2D eigenvalue weighted by molar-refractivity contribution is -0.546. The van der Waals surface area contributed by atoms with E-state index in [1.54, 1.807) is 23.8 Å². The predicted octanol–water partition coefficient (Wildman–Crippen LogP) is -1.03. The van der Waals surface area contributed by atoms with Crippen LogP contribution in [-0.2, 0) is 4.79 Å². The number of rotatable bonds is 5. The largest absolute Gasteiger partial charge is 0.393 e. The van der Waals surface area contributed by atoms with Crippen LogP contribution in [0.2, 0.25) is 0 Å². The van der Waals surface area contributed by atoms with Gasteiger partial charge in [-0.2, -0.15) is 0 Å². The average Bonchev–Trinajstić information content (AvgIpc) is 3.02. The van der Waals surface area contributed by atoms with Gasteiger partial charge in [-0.15, -0.1) is 0 Å². The highest BCUT2D eigenvalue weighted by atomic mass is 16.3. The van der Waals surface area contributed by atoms with Gasteiger partial charge in [0, 0.05) is 14.1 Å². The first-order chi connectivity index (χ1) is 12.5. The summed E-state index contributed by atoms with van der Waals surface area (Å²) in [6.07, 6.45) is -0.849. The van der Waals surface area contributed by atoms with Crippen molar-refractivity contribution in [2.45, 2.75) is 12.1 Å². The van der Waals surface area contributed by atoms with Crippen LogP contribution < -0.4 is 5.32 Å². The molecule has 1 saturated heterocycles. The summed E-state index contributed by atoms with van der Waals surface area (Å²) in [5.74, 6) is 0.240. The maximum absolute atomic E-state index is 12.7. The molecule has 3 amide bonds. The fourth-order valence-electron chi connectivity index (χ4n) is 3.07. The molecule has 9 heteroatoms. The van der Waals surface area contributed by atoms with Gasteiger partial charge in [-0.05, 0) is 5.56 Å². The van der Waals surface area contributed by atoms with Gasteiger partial charge in [0.15, 0.2) is 0 Å². The second-order valence-electron chi connectivity index (χ2n) is 6.16. The van der Waals surface area contributed by atoms with Crippen LogP contribution in [0, 0.1) is 0 Å². The zero-order valence-electron chi connectivity index (χ0n) is 14.7. The Kier molecular flexibility index (Phi) is 5.01. The topological polar surface area (TPSA) is 108 Å². The molecule has 1 aromatic carbocycles. The molecule has 0 saturated carbocycles. The number of nitrogens with zero attached hydrogens (tertiary/aromatic N) is 4. The van der Waals surface area contributed by atoms with E-state index in [9.17, 15) is 14.7 Å². The number of imide groups is 1. The zero-order chi connectivity index (χ0) is 18.8. The van der Waals surface area contributed by atoms with Crippen molar-refractivity contribution in [2.75, 3.05) is 33.8 Å². The number of fused-ring (bicyclic) bond motifs is 1. The molecule has 2 aliphatic rings. The van der Waals surface area contributed by atoms with E-state index in [-0.39, 0.29) is 19.7 Å². The van der Waals surface area contributed by atoms with Crippen molar-refractivity contribution in [1.29, 1.82) is 0 Å². The maximum atomic E-state index is 12.7. The van der Waals surface area contributed by atoms with Crippen molar-refractivity contribution in [3.05, 3.63) is 35.9 Å².